The first kappa shape index (κ1) is 28.7. The summed E-state index contributed by atoms with van der Waals surface area (Å²) in [7, 11) is 0. The molecule has 1 aromatic heterocycles. The quantitative estimate of drug-likeness (QED) is 0.0884. The van der Waals surface area contributed by atoms with Gasteiger partial charge in [-0.05, 0) is 42.5 Å². The average Bonchev–Trinajstić information content (AvgIpc) is 2.95. The number of fused-ring (bicyclic) bond motifs is 1. The Balaban J connectivity index is 1.68. The molecule has 14 nitrogen and oxygen atoms in total. The summed E-state index contributed by atoms with van der Waals surface area (Å²) in [6, 6.07) is 10.3. The number of rotatable bonds is 6. The number of aliphatic hydroxyl groups is 4. The number of aliphatic hydroxyl groups excluding tert-OH is 4. The van der Waals surface area contributed by atoms with E-state index < -0.39 is 88.6 Å². The number of ether oxygens (including phenoxy) is 3. The van der Waals surface area contributed by atoms with E-state index in [1.165, 1.54) is 30.3 Å². The van der Waals surface area contributed by atoms with Gasteiger partial charge in [-0.1, -0.05) is 0 Å². The number of hydrogen-bond donors (Lipinski definition) is 8. The lowest BCUT2D eigenvalue weighted by Gasteiger charge is -2.39. The van der Waals surface area contributed by atoms with Crippen LogP contribution in [0.3, 0.4) is 0 Å². The average molecular weight is 584 g/mol. The third-order valence-corrected chi connectivity index (χ3v) is 6.53. The molecule has 4 aromatic rings. The maximum Gasteiger partial charge on any atom is 0.343 e. The normalized spacial score (nSPS) is 22.1. The number of phenolic OH excluding ortho intramolecular Hbond substituents is 4. The molecular weight excluding hydrogens is 560 g/mol. The Bertz CT molecular complexity index is 1690. The highest BCUT2D eigenvalue weighted by atomic mass is 16.7. The Morgan fingerprint density at radius 2 is 1.55 bits per heavy atom. The van der Waals surface area contributed by atoms with E-state index in [1.54, 1.807) is 0 Å². The van der Waals surface area contributed by atoms with Crippen molar-refractivity contribution in [3.05, 3.63) is 70.4 Å². The predicted molar refractivity (Wildman–Crippen MR) is 140 cm³/mol. The maximum atomic E-state index is 13.9. The third kappa shape index (κ3) is 5.27. The molecule has 2 heterocycles. The van der Waals surface area contributed by atoms with E-state index in [9.17, 15) is 50.4 Å². The van der Waals surface area contributed by atoms with Crippen LogP contribution < -0.4 is 14.9 Å². The molecule has 0 spiro atoms. The fraction of sp³-hybridized carbons (Fsp3) is 0.214. The van der Waals surface area contributed by atoms with Crippen LogP contribution in [0.25, 0.3) is 22.3 Å². The van der Waals surface area contributed by atoms with Gasteiger partial charge in [0.1, 0.15) is 52.6 Å². The van der Waals surface area contributed by atoms with Crippen LogP contribution in [0.4, 0.5) is 0 Å². The van der Waals surface area contributed by atoms with Gasteiger partial charge in [0.2, 0.25) is 17.5 Å². The number of benzene rings is 3. The van der Waals surface area contributed by atoms with Crippen LogP contribution in [0, 0.1) is 0 Å². The van der Waals surface area contributed by atoms with E-state index in [4.69, 9.17) is 18.6 Å². The fourth-order valence-electron chi connectivity index (χ4n) is 4.33. The Hall–Kier alpha value is -4.86. The second-order valence-corrected chi connectivity index (χ2v) is 9.36. The molecule has 1 fully saturated rings. The van der Waals surface area contributed by atoms with Crippen molar-refractivity contribution in [2.45, 2.75) is 30.7 Å². The van der Waals surface area contributed by atoms with Crippen molar-refractivity contribution >= 4 is 16.9 Å². The summed E-state index contributed by atoms with van der Waals surface area (Å²) in [5, 5.41) is 79.6. The van der Waals surface area contributed by atoms with Crippen molar-refractivity contribution in [2.24, 2.45) is 0 Å². The van der Waals surface area contributed by atoms with E-state index in [-0.39, 0.29) is 22.5 Å². The second-order valence-electron chi connectivity index (χ2n) is 9.36. The lowest BCUT2D eigenvalue weighted by Crippen LogP contribution is -2.60. The Morgan fingerprint density at radius 1 is 0.833 bits per heavy atom. The zero-order valence-electron chi connectivity index (χ0n) is 21.3. The lowest BCUT2D eigenvalue weighted by molar-refractivity contribution is -0.277. The van der Waals surface area contributed by atoms with E-state index in [0.29, 0.717) is 0 Å². The van der Waals surface area contributed by atoms with Crippen LogP contribution in [-0.4, -0.2) is 84.1 Å². The molecule has 3 aromatic carbocycles. The Kier molecular flexibility index (Phi) is 7.64. The maximum absolute atomic E-state index is 13.9. The number of aromatic hydroxyl groups is 4. The highest BCUT2D eigenvalue weighted by Gasteiger charge is 2.45. The molecule has 0 unspecified atom stereocenters. The first-order valence-electron chi connectivity index (χ1n) is 12.3. The topological polar surface area (TPSA) is 237 Å². The molecular formula is C28H24O14. The van der Waals surface area contributed by atoms with Gasteiger partial charge in [-0.15, -0.1) is 0 Å². The standard InChI is InChI=1S/C28H24O14/c29-10-19-21(34)23(36)24(37)28(41-19)42-26-22(35)20-17(39-25(26)12-3-6-15(32)16(33)7-12)8-14(31)9-18(20)40-27(38)11-1-4-13(30)5-2-11/h1-9,19,21,23-24,28-34,36-37H,10H2/t19-,21+,23+,24-,28+/m1/s1. The highest BCUT2D eigenvalue weighted by Crippen LogP contribution is 2.40. The van der Waals surface area contributed by atoms with Crippen molar-refractivity contribution in [1.29, 1.82) is 0 Å². The smallest absolute Gasteiger partial charge is 0.343 e. The van der Waals surface area contributed by atoms with Crippen LogP contribution >= 0.6 is 0 Å². The lowest BCUT2D eigenvalue weighted by atomic mass is 9.99. The Morgan fingerprint density at radius 3 is 2.21 bits per heavy atom. The summed E-state index contributed by atoms with van der Waals surface area (Å²) in [6.07, 6.45) is -8.73. The van der Waals surface area contributed by atoms with Crippen molar-refractivity contribution < 1.29 is 64.3 Å². The zero-order valence-corrected chi connectivity index (χ0v) is 21.3. The number of phenols is 4. The van der Waals surface area contributed by atoms with Crippen molar-refractivity contribution in [3.63, 3.8) is 0 Å². The van der Waals surface area contributed by atoms with Crippen LogP contribution in [-0.2, 0) is 4.74 Å². The summed E-state index contributed by atoms with van der Waals surface area (Å²) < 4.78 is 22.3. The molecule has 0 saturated carbocycles. The van der Waals surface area contributed by atoms with E-state index in [1.807, 2.05) is 0 Å². The molecule has 0 radical (unpaired) electrons. The summed E-state index contributed by atoms with van der Waals surface area (Å²) in [4.78, 5) is 26.7. The van der Waals surface area contributed by atoms with Crippen LogP contribution in [0.15, 0.2) is 63.8 Å². The molecule has 0 bridgehead atoms. The largest absolute Gasteiger partial charge is 0.508 e. The van der Waals surface area contributed by atoms with Crippen LogP contribution in [0.2, 0.25) is 0 Å². The van der Waals surface area contributed by atoms with E-state index in [0.717, 1.165) is 24.3 Å². The zero-order chi connectivity index (χ0) is 30.3. The molecule has 1 saturated heterocycles. The number of esters is 1. The van der Waals surface area contributed by atoms with Crippen molar-refractivity contribution in [2.75, 3.05) is 6.61 Å². The first-order chi connectivity index (χ1) is 20.0. The number of carbonyl (C=O) groups is 1. The first-order valence-corrected chi connectivity index (χ1v) is 12.3. The Labute approximate surface area is 235 Å². The highest BCUT2D eigenvalue weighted by molar-refractivity contribution is 5.95. The van der Waals surface area contributed by atoms with E-state index >= 15 is 0 Å². The van der Waals surface area contributed by atoms with Gasteiger partial charge in [-0.3, -0.25) is 4.79 Å². The van der Waals surface area contributed by atoms with Gasteiger partial charge in [0.25, 0.3) is 0 Å². The number of hydrogen-bond acceptors (Lipinski definition) is 14. The minimum Gasteiger partial charge on any atom is -0.508 e. The molecule has 1 aliphatic rings. The molecule has 8 N–H and O–H groups in total. The van der Waals surface area contributed by atoms with Gasteiger partial charge in [0.15, 0.2) is 17.3 Å². The molecule has 5 rings (SSSR count). The third-order valence-electron chi connectivity index (χ3n) is 6.53. The fourth-order valence-corrected chi connectivity index (χ4v) is 4.33. The minimum atomic E-state index is -1.93. The van der Waals surface area contributed by atoms with Gasteiger partial charge in [0.05, 0.1) is 12.2 Å². The molecule has 14 heteroatoms. The molecule has 1 aliphatic heterocycles. The summed E-state index contributed by atoms with van der Waals surface area (Å²) in [5.74, 6) is -4.21. The van der Waals surface area contributed by atoms with E-state index in [2.05, 4.69) is 0 Å². The summed E-state index contributed by atoms with van der Waals surface area (Å²) in [6.45, 7) is -0.785. The van der Waals surface area contributed by atoms with Gasteiger partial charge in [-0.25, -0.2) is 4.79 Å². The van der Waals surface area contributed by atoms with Crippen LogP contribution in [0.5, 0.6) is 34.5 Å². The van der Waals surface area contributed by atoms with Crippen LogP contribution in [0.1, 0.15) is 10.4 Å². The predicted octanol–water partition coefficient (Wildman–Crippen LogP) is 0.680. The summed E-state index contributed by atoms with van der Waals surface area (Å²) in [5.41, 5.74) is -1.38. The van der Waals surface area contributed by atoms with Gasteiger partial charge >= 0.3 is 5.97 Å². The molecule has 0 amide bonds. The van der Waals surface area contributed by atoms with Crippen molar-refractivity contribution in [1.82, 2.24) is 0 Å². The summed E-state index contributed by atoms with van der Waals surface area (Å²) >= 11 is 0. The molecule has 42 heavy (non-hydrogen) atoms. The second kappa shape index (κ2) is 11.2. The monoisotopic (exact) mass is 584 g/mol. The SMILES string of the molecule is O=C(Oc1cc(O)cc2oc(-c3ccc(O)c(O)c3)c(O[C@@H]3O[C@H](CO)[C@H](O)[C@H](O)[C@H]3O)c(=O)c12)c1ccc(O)cc1. The number of carbonyl (C=O) groups excluding carboxylic acids is 1. The van der Waals surface area contributed by atoms with Crippen molar-refractivity contribution in [3.8, 4) is 45.8 Å². The molecule has 0 aliphatic carbocycles. The minimum absolute atomic E-state index is 0.0114. The van der Waals surface area contributed by atoms with Gasteiger partial charge in [0, 0.05) is 17.7 Å². The van der Waals surface area contributed by atoms with Gasteiger partial charge < -0.3 is 59.5 Å². The van der Waals surface area contributed by atoms with Gasteiger partial charge in [-0.2, -0.15) is 0 Å². The molecule has 5 atom stereocenters. The molecule has 220 valence electrons.